The summed E-state index contributed by atoms with van der Waals surface area (Å²) in [6, 6.07) is 2.64. The molecule has 2 aromatic carbocycles. The van der Waals surface area contributed by atoms with Crippen molar-refractivity contribution < 1.29 is 48.3 Å². The van der Waals surface area contributed by atoms with E-state index in [0.29, 0.717) is 0 Å². The minimum atomic E-state index is -5.26. The average Bonchev–Trinajstić information content (AvgIpc) is 3.03. The maximum atomic E-state index is 12.9. The maximum absolute atomic E-state index is 12.9. The van der Waals surface area contributed by atoms with Gasteiger partial charge in [0.05, 0.1) is 16.1 Å². The Morgan fingerprint density at radius 3 is 2.00 bits per heavy atom. The Balaban J connectivity index is 2.08. The predicted molar refractivity (Wildman–Crippen MR) is 87.1 cm³/mol. The molecule has 0 spiro atoms. The lowest BCUT2D eigenvalue weighted by Gasteiger charge is -2.14. The Labute approximate surface area is 162 Å². The zero-order valence-corrected chi connectivity index (χ0v) is 14.9. The highest BCUT2D eigenvalue weighted by molar-refractivity contribution is 7.87. The second-order valence-corrected chi connectivity index (χ2v) is 7.36. The molecule has 0 saturated carbocycles. The van der Waals surface area contributed by atoms with E-state index in [4.69, 9.17) is 4.42 Å². The molecule has 3 aromatic rings. The van der Waals surface area contributed by atoms with Gasteiger partial charge in [-0.2, -0.15) is 34.8 Å². The van der Waals surface area contributed by atoms with E-state index in [1.165, 1.54) is 0 Å². The molecule has 3 rings (SSSR count). The van der Waals surface area contributed by atoms with Crippen LogP contribution in [0.5, 0.6) is 5.75 Å². The van der Waals surface area contributed by atoms with Crippen molar-refractivity contribution in [1.29, 1.82) is 0 Å². The molecule has 1 heterocycles. The summed E-state index contributed by atoms with van der Waals surface area (Å²) in [7, 11) is -5.16. The molecular weight excluding hydrogens is 448 g/mol. The Morgan fingerprint density at radius 2 is 1.50 bits per heavy atom. The fraction of sp³-hybridized carbons (Fsp3) is 0.125. The van der Waals surface area contributed by atoms with Crippen LogP contribution >= 0.6 is 0 Å². The number of nitro groups is 1. The van der Waals surface area contributed by atoms with Crippen LogP contribution in [-0.4, -0.2) is 13.3 Å². The summed E-state index contributed by atoms with van der Waals surface area (Å²) in [6.45, 7) is 0. The Morgan fingerprint density at radius 1 is 0.933 bits per heavy atom. The number of halogens is 6. The molecule has 1 aromatic heterocycles. The van der Waals surface area contributed by atoms with E-state index in [2.05, 4.69) is 4.18 Å². The summed E-state index contributed by atoms with van der Waals surface area (Å²) >= 11 is 0. The number of hydrogen-bond acceptors (Lipinski definition) is 6. The van der Waals surface area contributed by atoms with E-state index in [1.807, 2.05) is 0 Å². The predicted octanol–water partition coefficient (Wildman–Crippen LogP) is 5.15. The van der Waals surface area contributed by atoms with Crippen molar-refractivity contribution in [2.75, 3.05) is 0 Å². The monoisotopic (exact) mass is 455 g/mol. The topological polar surface area (TPSA) is 99.7 Å². The molecule has 0 saturated heterocycles. The van der Waals surface area contributed by atoms with Crippen molar-refractivity contribution >= 4 is 26.8 Å². The molecule has 0 aliphatic heterocycles. The van der Waals surface area contributed by atoms with Crippen LogP contribution in [0.3, 0.4) is 0 Å². The molecule has 0 bridgehead atoms. The molecule has 160 valence electrons. The van der Waals surface area contributed by atoms with Gasteiger partial charge in [-0.15, -0.1) is 0 Å². The second-order valence-electron chi connectivity index (χ2n) is 5.82. The van der Waals surface area contributed by atoms with Gasteiger partial charge < -0.3 is 8.60 Å². The van der Waals surface area contributed by atoms with Gasteiger partial charge in [-0.1, -0.05) is 0 Å². The van der Waals surface area contributed by atoms with Crippen molar-refractivity contribution in [2.24, 2.45) is 0 Å². The van der Waals surface area contributed by atoms with Crippen molar-refractivity contribution in [1.82, 2.24) is 0 Å². The normalized spacial score (nSPS) is 12.9. The van der Waals surface area contributed by atoms with Crippen molar-refractivity contribution in [3.05, 3.63) is 63.9 Å². The molecule has 0 amide bonds. The Bertz CT molecular complexity index is 1210. The third-order valence-corrected chi connectivity index (χ3v) is 5.00. The third-order valence-electron chi connectivity index (χ3n) is 3.78. The Hall–Kier alpha value is -3.29. The molecule has 0 N–H and O–H groups in total. The van der Waals surface area contributed by atoms with Gasteiger partial charge in [0.2, 0.25) is 0 Å². The highest BCUT2D eigenvalue weighted by Crippen LogP contribution is 2.38. The number of benzene rings is 2. The van der Waals surface area contributed by atoms with Gasteiger partial charge in [-0.25, -0.2) is 0 Å². The fourth-order valence-electron chi connectivity index (χ4n) is 2.43. The summed E-state index contributed by atoms with van der Waals surface area (Å²) in [5, 5.41) is 10.7. The molecular formula is C16H7F6NO6S. The zero-order chi connectivity index (χ0) is 22.5. The van der Waals surface area contributed by atoms with Gasteiger partial charge in [0.1, 0.15) is 21.6 Å². The summed E-state index contributed by atoms with van der Waals surface area (Å²) in [5.41, 5.74) is -4.27. The smallest absolute Gasteiger partial charge is 0.416 e. The molecule has 14 heteroatoms. The van der Waals surface area contributed by atoms with Crippen LogP contribution in [0.2, 0.25) is 0 Å². The van der Waals surface area contributed by atoms with E-state index in [9.17, 15) is 44.9 Å². The first kappa shape index (κ1) is 21.4. The number of hydrogen-bond donors (Lipinski definition) is 0. The highest BCUT2D eigenvalue weighted by Gasteiger charge is 2.38. The lowest BCUT2D eigenvalue weighted by molar-refractivity contribution is -0.383. The highest BCUT2D eigenvalue weighted by atomic mass is 32.2. The van der Waals surface area contributed by atoms with Crippen LogP contribution in [0.4, 0.5) is 32.0 Å². The Kier molecular flexibility index (Phi) is 4.92. The quantitative estimate of drug-likeness (QED) is 0.234. The van der Waals surface area contributed by atoms with E-state index < -0.39 is 54.9 Å². The molecule has 0 aliphatic carbocycles. The van der Waals surface area contributed by atoms with Gasteiger partial charge in [-0.05, 0) is 36.4 Å². The van der Waals surface area contributed by atoms with Crippen LogP contribution in [0, 0.1) is 10.1 Å². The van der Waals surface area contributed by atoms with Crippen LogP contribution in [0.25, 0.3) is 11.0 Å². The molecule has 0 aliphatic rings. The summed E-state index contributed by atoms with van der Waals surface area (Å²) in [5.74, 6) is -0.585. The van der Waals surface area contributed by atoms with E-state index in [0.717, 1.165) is 24.5 Å². The van der Waals surface area contributed by atoms with Gasteiger partial charge in [0.25, 0.3) is 0 Å². The molecule has 7 nitrogen and oxygen atoms in total. The van der Waals surface area contributed by atoms with Crippen LogP contribution in [0.15, 0.2) is 52.0 Å². The van der Waals surface area contributed by atoms with Gasteiger partial charge in [0.15, 0.2) is 6.26 Å². The SMILES string of the molecule is O=[N+]([O-])c1coc2ccc(OS(=O)(=O)c3cc(C(F)(F)F)cc(C(F)(F)F)c3)cc12. The standard InChI is InChI=1S/C16H7F6NO6S/c17-15(18,19)8-3-9(16(20,21)22)5-11(4-8)30(26,27)29-10-1-2-14-12(6-10)13(7-28-14)23(24)25/h1-7H. The summed E-state index contributed by atoms with van der Waals surface area (Å²) < 4.78 is 112. The summed E-state index contributed by atoms with van der Waals surface area (Å²) in [4.78, 5) is 8.69. The molecule has 0 radical (unpaired) electrons. The second kappa shape index (κ2) is 6.90. The number of fused-ring (bicyclic) bond motifs is 1. The number of furan rings is 1. The lowest BCUT2D eigenvalue weighted by Crippen LogP contribution is -2.16. The van der Waals surface area contributed by atoms with Crippen molar-refractivity contribution in [3.63, 3.8) is 0 Å². The van der Waals surface area contributed by atoms with Crippen LogP contribution < -0.4 is 4.18 Å². The number of rotatable bonds is 4. The third kappa shape index (κ3) is 4.17. The van der Waals surface area contributed by atoms with E-state index in [-0.39, 0.29) is 29.2 Å². The van der Waals surface area contributed by atoms with Gasteiger partial charge in [-0.3, -0.25) is 10.1 Å². The van der Waals surface area contributed by atoms with E-state index in [1.54, 1.807) is 0 Å². The van der Waals surface area contributed by atoms with Crippen molar-refractivity contribution in [2.45, 2.75) is 17.2 Å². The summed E-state index contributed by atoms with van der Waals surface area (Å²) in [6.07, 6.45) is -9.75. The largest absolute Gasteiger partial charge is 0.457 e. The molecule has 30 heavy (non-hydrogen) atoms. The van der Waals surface area contributed by atoms with Crippen LogP contribution in [-0.2, 0) is 22.5 Å². The first-order valence-corrected chi connectivity index (χ1v) is 8.99. The zero-order valence-electron chi connectivity index (χ0n) is 14.1. The first-order chi connectivity index (χ1) is 13.7. The minimum absolute atomic E-state index is 0.0105. The van der Waals surface area contributed by atoms with Gasteiger partial charge >= 0.3 is 28.2 Å². The molecule has 0 unspecified atom stereocenters. The first-order valence-electron chi connectivity index (χ1n) is 7.58. The molecule has 0 atom stereocenters. The number of nitrogens with zero attached hydrogens (tertiary/aromatic N) is 1. The minimum Gasteiger partial charge on any atom is -0.457 e. The van der Waals surface area contributed by atoms with Crippen molar-refractivity contribution in [3.8, 4) is 5.75 Å². The van der Waals surface area contributed by atoms with E-state index >= 15 is 0 Å². The fourth-order valence-corrected chi connectivity index (χ4v) is 3.43. The lowest BCUT2D eigenvalue weighted by atomic mass is 10.1. The number of alkyl halides is 6. The average molecular weight is 455 g/mol. The molecule has 0 fully saturated rings. The van der Waals surface area contributed by atoms with Gasteiger partial charge in [0, 0.05) is 0 Å². The van der Waals surface area contributed by atoms with Crippen LogP contribution in [0.1, 0.15) is 11.1 Å². The maximum Gasteiger partial charge on any atom is 0.416 e.